The lowest BCUT2D eigenvalue weighted by Gasteiger charge is -2.36. The second kappa shape index (κ2) is 10.4. The number of nitrogens with one attached hydrogen (secondary N) is 2. The summed E-state index contributed by atoms with van der Waals surface area (Å²) in [6.45, 7) is 6.14. The lowest BCUT2D eigenvalue weighted by atomic mass is 10.0. The van der Waals surface area contributed by atoms with Crippen LogP contribution in [0.4, 0.5) is 4.79 Å². The largest absolute Gasteiger partial charge is 0.493 e. The number of benzene rings is 1. The summed E-state index contributed by atoms with van der Waals surface area (Å²) in [4.78, 5) is 27.1. The van der Waals surface area contributed by atoms with E-state index in [4.69, 9.17) is 14.2 Å². The van der Waals surface area contributed by atoms with E-state index in [1.165, 1.54) is 33.4 Å². The number of piperidine rings is 1. The molecule has 0 aromatic heterocycles. The Morgan fingerprint density at radius 1 is 1.16 bits per heavy atom. The highest BCUT2D eigenvalue weighted by Crippen LogP contribution is 2.34. The van der Waals surface area contributed by atoms with Crippen LogP contribution in [-0.2, 0) is 14.8 Å². The Kier molecular flexibility index (Phi) is 8.35. The van der Waals surface area contributed by atoms with Gasteiger partial charge in [0.2, 0.25) is 10.0 Å². The predicted molar refractivity (Wildman–Crippen MR) is 119 cm³/mol. The van der Waals surface area contributed by atoms with Crippen LogP contribution in [0.1, 0.15) is 50.4 Å². The van der Waals surface area contributed by atoms with Gasteiger partial charge in [0, 0.05) is 19.2 Å². The van der Waals surface area contributed by atoms with Crippen LogP contribution in [0.2, 0.25) is 0 Å². The molecule has 0 spiro atoms. The SMILES string of the molecule is CNS(=O)(=O)c1cc(OC)c(OC)c(C(=O)NCC2CCCCN2C(=O)OC(C)(C)C)c1. The molecule has 0 bridgehead atoms. The van der Waals surface area contributed by atoms with E-state index < -0.39 is 27.6 Å². The summed E-state index contributed by atoms with van der Waals surface area (Å²) in [7, 11) is 0.183. The molecule has 11 heteroatoms. The minimum absolute atomic E-state index is 0.0142. The van der Waals surface area contributed by atoms with Crippen LogP contribution in [0.15, 0.2) is 17.0 Å². The van der Waals surface area contributed by atoms with Gasteiger partial charge in [-0.2, -0.15) is 0 Å². The smallest absolute Gasteiger partial charge is 0.410 e. The summed E-state index contributed by atoms with van der Waals surface area (Å²) in [5.74, 6) is -0.308. The molecule has 180 valence electrons. The van der Waals surface area contributed by atoms with Crippen LogP contribution in [0.5, 0.6) is 11.5 Å². The van der Waals surface area contributed by atoms with Crippen molar-refractivity contribution in [2.45, 2.75) is 56.6 Å². The Morgan fingerprint density at radius 2 is 1.84 bits per heavy atom. The molecule has 1 aliphatic rings. The number of nitrogens with zero attached hydrogens (tertiary/aromatic N) is 1. The van der Waals surface area contributed by atoms with Crippen molar-refractivity contribution in [1.82, 2.24) is 14.9 Å². The number of carbonyl (C=O) groups is 2. The lowest BCUT2D eigenvalue weighted by Crippen LogP contribution is -2.50. The van der Waals surface area contributed by atoms with Crippen LogP contribution in [0.3, 0.4) is 0 Å². The summed E-state index contributed by atoms with van der Waals surface area (Å²) < 4.78 is 42.8. The highest BCUT2D eigenvalue weighted by Gasteiger charge is 2.31. The van der Waals surface area contributed by atoms with Gasteiger partial charge in [-0.3, -0.25) is 4.79 Å². The summed E-state index contributed by atoms with van der Waals surface area (Å²) >= 11 is 0. The average molecular weight is 472 g/mol. The normalized spacial score (nSPS) is 16.9. The van der Waals surface area contributed by atoms with Gasteiger partial charge in [0.25, 0.3) is 5.91 Å². The van der Waals surface area contributed by atoms with Gasteiger partial charge in [0.1, 0.15) is 5.60 Å². The molecular weight excluding hydrogens is 438 g/mol. The topological polar surface area (TPSA) is 123 Å². The third-order valence-electron chi connectivity index (χ3n) is 5.03. The zero-order valence-corrected chi connectivity index (χ0v) is 20.3. The van der Waals surface area contributed by atoms with Crippen LogP contribution in [0.25, 0.3) is 0 Å². The van der Waals surface area contributed by atoms with E-state index >= 15 is 0 Å². The number of hydrogen-bond donors (Lipinski definition) is 2. The molecule has 0 saturated carbocycles. The minimum atomic E-state index is -3.82. The Labute approximate surface area is 189 Å². The standard InChI is InChI=1S/C21H33N3O7S/c1-21(2,3)31-20(26)24-10-8-7-9-14(24)13-23-19(25)16-11-15(32(27,28)22-4)12-17(29-5)18(16)30-6/h11-12,14,22H,7-10,13H2,1-6H3,(H,23,25). The number of methoxy groups -OCH3 is 2. The molecule has 1 aromatic carbocycles. The van der Waals surface area contributed by atoms with Gasteiger partial charge in [0.15, 0.2) is 11.5 Å². The lowest BCUT2D eigenvalue weighted by molar-refractivity contribution is 0.00985. The van der Waals surface area contributed by atoms with Crippen molar-refractivity contribution in [1.29, 1.82) is 0 Å². The predicted octanol–water partition coefficient (Wildman–Crippen LogP) is 2.13. The van der Waals surface area contributed by atoms with Gasteiger partial charge >= 0.3 is 6.09 Å². The van der Waals surface area contributed by atoms with Crippen LogP contribution >= 0.6 is 0 Å². The number of amides is 2. The van der Waals surface area contributed by atoms with Crippen molar-refractivity contribution in [2.24, 2.45) is 0 Å². The number of rotatable bonds is 7. The maximum Gasteiger partial charge on any atom is 0.410 e. The first-order valence-electron chi connectivity index (χ1n) is 10.4. The Balaban J connectivity index is 2.26. The highest BCUT2D eigenvalue weighted by molar-refractivity contribution is 7.89. The van der Waals surface area contributed by atoms with Gasteiger partial charge in [-0.05, 0) is 53.1 Å². The number of carbonyl (C=O) groups excluding carboxylic acids is 2. The molecule has 0 radical (unpaired) electrons. The van der Waals surface area contributed by atoms with Gasteiger partial charge in [-0.25, -0.2) is 17.9 Å². The van der Waals surface area contributed by atoms with Crippen molar-refractivity contribution >= 4 is 22.0 Å². The Morgan fingerprint density at radius 3 is 2.41 bits per heavy atom. The van der Waals surface area contributed by atoms with E-state index in [0.717, 1.165) is 12.8 Å². The quantitative estimate of drug-likeness (QED) is 0.624. The van der Waals surface area contributed by atoms with Crippen molar-refractivity contribution in [3.05, 3.63) is 17.7 Å². The third kappa shape index (κ3) is 6.26. The maximum absolute atomic E-state index is 13.0. The molecule has 2 amide bonds. The molecule has 1 unspecified atom stereocenters. The fourth-order valence-corrected chi connectivity index (χ4v) is 4.23. The number of likely N-dealkylation sites (tertiary alicyclic amines) is 1. The molecule has 1 saturated heterocycles. The molecule has 1 atom stereocenters. The number of hydrogen-bond acceptors (Lipinski definition) is 7. The van der Waals surface area contributed by atoms with E-state index in [-0.39, 0.29) is 34.5 Å². The van der Waals surface area contributed by atoms with E-state index in [1.807, 2.05) is 0 Å². The average Bonchev–Trinajstić information content (AvgIpc) is 2.75. The maximum atomic E-state index is 13.0. The van der Waals surface area contributed by atoms with Crippen molar-refractivity contribution in [3.63, 3.8) is 0 Å². The fraction of sp³-hybridized carbons (Fsp3) is 0.619. The zero-order chi connectivity index (χ0) is 24.1. The summed E-state index contributed by atoms with van der Waals surface area (Å²) in [5.41, 5.74) is -0.605. The van der Waals surface area contributed by atoms with Crippen molar-refractivity contribution < 1.29 is 32.2 Å². The molecule has 1 aliphatic heterocycles. The van der Waals surface area contributed by atoms with Gasteiger partial charge < -0.3 is 24.4 Å². The van der Waals surface area contributed by atoms with Gasteiger partial charge in [0.05, 0.1) is 30.7 Å². The van der Waals surface area contributed by atoms with Crippen LogP contribution < -0.4 is 19.5 Å². The van der Waals surface area contributed by atoms with E-state index in [2.05, 4.69) is 10.0 Å². The fourth-order valence-electron chi connectivity index (χ4n) is 3.46. The highest BCUT2D eigenvalue weighted by atomic mass is 32.2. The summed E-state index contributed by atoms with van der Waals surface area (Å²) in [5, 5.41) is 2.80. The first-order valence-corrected chi connectivity index (χ1v) is 11.9. The molecule has 1 heterocycles. The second-order valence-electron chi connectivity index (χ2n) is 8.45. The molecule has 2 N–H and O–H groups in total. The molecule has 0 aliphatic carbocycles. The third-order valence-corrected chi connectivity index (χ3v) is 6.42. The van der Waals surface area contributed by atoms with Crippen LogP contribution in [0, 0.1) is 0 Å². The van der Waals surface area contributed by atoms with Gasteiger partial charge in [-0.15, -0.1) is 0 Å². The van der Waals surface area contributed by atoms with E-state index in [1.54, 1.807) is 25.7 Å². The number of ether oxygens (including phenoxy) is 3. The van der Waals surface area contributed by atoms with Crippen molar-refractivity contribution in [3.8, 4) is 11.5 Å². The Bertz CT molecular complexity index is 941. The molecular formula is C21H33N3O7S. The van der Waals surface area contributed by atoms with E-state index in [9.17, 15) is 18.0 Å². The van der Waals surface area contributed by atoms with E-state index in [0.29, 0.717) is 13.0 Å². The first-order chi connectivity index (χ1) is 14.9. The summed E-state index contributed by atoms with van der Waals surface area (Å²) in [6, 6.07) is 2.28. The van der Waals surface area contributed by atoms with Gasteiger partial charge in [-0.1, -0.05) is 0 Å². The molecule has 10 nitrogen and oxygen atoms in total. The molecule has 2 rings (SSSR count). The second-order valence-corrected chi connectivity index (χ2v) is 10.3. The Hall–Kier alpha value is -2.53. The molecule has 1 fully saturated rings. The van der Waals surface area contributed by atoms with Crippen LogP contribution in [-0.4, -0.2) is 71.3 Å². The summed E-state index contributed by atoms with van der Waals surface area (Å²) in [6.07, 6.45) is 2.08. The first kappa shape index (κ1) is 25.7. The minimum Gasteiger partial charge on any atom is -0.493 e. The zero-order valence-electron chi connectivity index (χ0n) is 19.5. The number of sulfonamides is 1. The molecule has 1 aromatic rings. The van der Waals surface area contributed by atoms with Crippen molar-refractivity contribution in [2.75, 3.05) is 34.4 Å². The monoisotopic (exact) mass is 471 g/mol. The molecule has 32 heavy (non-hydrogen) atoms.